The molecular formula is C85H150O17P2. The van der Waals surface area contributed by atoms with Crippen LogP contribution in [-0.4, -0.2) is 96.7 Å². The maximum absolute atomic E-state index is 13.1. The van der Waals surface area contributed by atoms with Crippen molar-refractivity contribution in [2.24, 2.45) is 0 Å². The van der Waals surface area contributed by atoms with E-state index in [-0.39, 0.29) is 25.7 Å². The third kappa shape index (κ3) is 76.2. The summed E-state index contributed by atoms with van der Waals surface area (Å²) in [7, 11) is -9.97. The summed E-state index contributed by atoms with van der Waals surface area (Å²) < 4.78 is 68.7. The molecule has 0 rings (SSSR count). The molecule has 0 spiro atoms. The van der Waals surface area contributed by atoms with E-state index in [2.05, 4.69) is 113 Å². The van der Waals surface area contributed by atoms with Gasteiger partial charge in [0.05, 0.1) is 26.4 Å². The SMILES string of the molecule is CC/C=C\C/C=C\C/C=C\C/C=C\C/C=C\CCCC(=O)OCC(COP(=O)(O)OCC(O)COP(=O)(O)OCC(COC(=O)CCCCCCCCC/C=C\C/C=C\C/C=C\CC)OC(=O)CCCCCCCCCCCCCCCCC)OC(=O)CCCCCCCCCCCCCCCCC. The number of hydrogen-bond acceptors (Lipinski definition) is 15. The quantitative estimate of drug-likeness (QED) is 0.0169. The summed E-state index contributed by atoms with van der Waals surface area (Å²) in [6.07, 6.45) is 82.4. The highest BCUT2D eigenvalue weighted by Gasteiger charge is 2.30. The molecule has 0 aromatic heterocycles. The zero-order chi connectivity index (χ0) is 76.0. The Morgan fingerprint density at radius 3 is 0.808 bits per heavy atom. The van der Waals surface area contributed by atoms with Crippen LogP contribution in [0.1, 0.15) is 362 Å². The molecule has 0 aromatic carbocycles. The van der Waals surface area contributed by atoms with E-state index in [1.165, 1.54) is 128 Å². The lowest BCUT2D eigenvalue weighted by Crippen LogP contribution is -2.30. The Labute approximate surface area is 633 Å². The number of rotatable bonds is 78. The maximum atomic E-state index is 13.1. The van der Waals surface area contributed by atoms with Gasteiger partial charge in [-0.2, -0.15) is 0 Å². The van der Waals surface area contributed by atoms with Crippen molar-refractivity contribution in [3.63, 3.8) is 0 Å². The number of phosphoric acid groups is 2. The average molecular weight is 1510 g/mol. The number of esters is 4. The van der Waals surface area contributed by atoms with Crippen LogP contribution >= 0.6 is 15.6 Å². The third-order valence-electron chi connectivity index (χ3n) is 17.6. The molecule has 5 atom stereocenters. The highest BCUT2D eigenvalue weighted by Crippen LogP contribution is 2.45. The largest absolute Gasteiger partial charge is 0.472 e. The number of phosphoric ester groups is 2. The van der Waals surface area contributed by atoms with E-state index in [4.69, 9.17) is 37.0 Å². The number of carbonyl (C=O) groups excluding carboxylic acids is 4. The van der Waals surface area contributed by atoms with Gasteiger partial charge in [0.25, 0.3) is 0 Å². The molecule has 0 heterocycles. The lowest BCUT2D eigenvalue weighted by molar-refractivity contribution is -0.161. The Balaban J connectivity index is 5.38. The van der Waals surface area contributed by atoms with Crippen molar-refractivity contribution in [3.8, 4) is 0 Å². The van der Waals surface area contributed by atoms with E-state index >= 15 is 0 Å². The number of aliphatic hydroxyl groups excluding tert-OH is 1. The highest BCUT2D eigenvalue weighted by molar-refractivity contribution is 7.47. The van der Waals surface area contributed by atoms with Gasteiger partial charge in [0, 0.05) is 25.7 Å². The summed E-state index contributed by atoms with van der Waals surface area (Å²) in [5, 5.41) is 10.7. The van der Waals surface area contributed by atoms with Gasteiger partial charge in [-0.05, 0) is 96.3 Å². The molecule has 0 fully saturated rings. The molecule has 0 saturated carbocycles. The fourth-order valence-corrected chi connectivity index (χ4v) is 12.9. The molecule has 17 nitrogen and oxygen atoms in total. The van der Waals surface area contributed by atoms with E-state index < -0.39 is 97.5 Å². The van der Waals surface area contributed by atoms with Crippen LogP contribution < -0.4 is 0 Å². The van der Waals surface area contributed by atoms with Gasteiger partial charge in [0.1, 0.15) is 19.3 Å². The maximum Gasteiger partial charge on any atom is 0.472 e. The van der Waals surface area contributed by atoms with Crippen molar-refractivity contribution < 1.29 is 80.2 Å². The molecule has 0 aliphatic heterocycles. The second-order valence-corrected chi connectivity index (χ2v) is 30.6. The second kappa shape index (κ2) is 77.1. The van der Waals surface area contributed by atoms with Crippen LogP contribution in [-0.2, 0) is 65.4 Å². The van der Waals surface area contributed by atoms with Crippen molar-refractivity contribution >= 4 is 39.5 Å². The molecule has 3 N–H and O–H groups in total. The Bertz CT molecular complexity index is 2350. The van der Waals surface area contributed by atoms with Gasteiger partial charge in [-0.25, -0.2) is 9.13 Å². The molecular weight excluding hydrogens is 1350 g/mol. The van der Waals surface area contributed by atoms with E-state index in [0.29, 0.717) is 32.1 Å². The topological polar surface area (TPSA) is 237 Å². The fourth-order valence-electron chi connectivity index (χ4n) is 11.3. The van der Waals surface area contributed by atoms with Crippen molar-refractivity contribution in [2.75, 3.05) is 39.6 Å². The lowest BCUT2D eigenvalue weighted by Gasteiger charge is -2.21. The highest BCUT2D eigenvalue weighted by atomic mass is 31.2. The average Bonchev–Trinajstić information content (AvgIpc) is 0.937. The molecule has 0 aromatic rings. The minimum absolute atomic E-state index is 0.0856. The number of allylic oxidation sites excluding steroid dienone is 16. The summed E-state index contributed by atoms with van der Waals surface area (Å²) in [6.45, 7) is 4.65. The third-order valence-corrected chi connectivity index (χ3v) is 19.5. The van der Waals surface area contributed by atoms with E-state index in [9.17, 15) is 43.2 Å². The smallest absolute Gasteiger partial charge is 0.462 e. The Hall–Kier alpha value is -4.02. The number of unbranched alkanes of at least 4 members (excludes halogenated alkanes) is 36. The standard InChI is InChI=1S/C85H150O17P2/c1-5-9-13-17-21-25-29-33-37-39-43-45-49-53-57-61-65-69-82(87)95-75-80(101-84(89)71-67-63-59-55-51-47-41-35-31-27-23-19-15-11-7-3)77-99-103(91,92)97-73-79(86)74-98-104(93,94)100-78-81(102-85(90)72-68-64-60-56-52-48-42-36-32-28-24-20-16-12-8-4)76-96-83(88)70-66-62-58-54-50-46-44-40-38-34-30-26-22-18-14-10-6-2/h9-10,13-14,21-22,25-26,33-34,37-38,43,45,53,57,79-81,86H,5-8,11-12,15-20,23-24,27-32,35-36,39-42,44,46-52,54-56,58-78H2,1-4H3,(H,91,92)(H,93,94)/b13-9-,14-10-,25-21-,26-22-,37-33-,38-34-,45-43-,57-53-. The molecule has 5 unspecified atom stereocenters. The van der Waals surface area contributed by atoms with Crippen molar-refractivity contribution in [3.05, 3.63) is 97.2 Å². The van der Waals surface area contributed by atoms with Gasteiger partial charge >= 0.3 is 39.5 Å². The Morgan fingerprint density at radius 1 is 0.279 bits per heavy atom. The number of ether oxygens (including phenoxy) is 4. The molecule has 0 aliphatic carbocycles. The van der Waals surface area contributed by atoms with Crippen molar-refractivity contribution in [1.29, 1.82) is 0 Å². The van der Waals surface area contributed by atoms with Gasteiger partial charge in [-0.3, -0.25) is 37.3 Å². The zero-order valence-electron chi connectivity index (χ0n) is 65.9. The molecule has 0 amide bonds. The van der Waals surface area contributed by atoms with Gasteiger partial charge in [0.15, 0.2) is 12.2 Å². The molecule has 0 aliphatic rings. The number of carbonyl (C=O) groups is 4. The van der Waals surface area contributed by atoms with Crippen LogP contribution in [0.4, 0.5) is 0 Å². The van der Waals surface area contributed by atoms with Crippen LogP contribution in [0.15, 0.2) is 97.2 Å². The molecule has 0 saturated heterocycles. The molecule has 0 radical (unpaired) electrons. The molecule has 602 valence electrons. The monoisotopic (exact) mass is 1510 g/mol. The minimum Gasteiger partial charge on any atom is -0.462 e. The van der Waals surface area contributed by atoms with Gasteiger partial charge in [0.2, 0.25) is 0 Å². The predicted octanol–water partition coefficient (Wildman–Crippen LogP) is 24.3. The van der Waals surface area contributed by atoms with Gasteiger partial charge < -0.3 is 33.8 Å². The number of hydrogen-bond donors (Lipinski definition) is 3. The first kappa shape index (κ1) is 100.0. The first-order valence-electron chi connectivity index (χ1n) is 41.5. The zero-order valence-corrected chi connectivity index (χ0v) is 67.7. The summed E-state index contributed by atoms with van der Waals surface area (Å²) in [5.41, 5.74) is 0. The van der Waals surface area contributed by atoms with E-state index in [0.717, 1.165) is 148 Å². The fraction of sp³-hybridized carbons (Fsp3) is 0.765. The van der Waals surface area contributed by atoms with Gasteiger partial charge in [-0.1, -0.05) is 337 Å². The van der Waals surface area contributed by atoms with E-state index in [1.54, 1.807) is 0 Å². The molecule has 104 heavy (non-hydrogen) atoms. The lowest BCUT2D eigenvalue weighted by atomic mass is 10.0. The summed E-state index contributed by atoms with van der Waals surface area (Å²) in [6, 6.07) is 0. The molecule has 0 bridgehead atoms. The van der Waals surface area contributed by atoms with Crippen LogP contribution in [0.25, 0.3) is 0 Å². The van der Waals surface area contributed by atoms with Crippen LogP contribution in [0, 0.1) is 0 Å². The first-order valence-corrected chi connectivity index (χ1v) is 44.5. The van der Waals surface area contributed by atoms with Crippen molar-refractivity contribution in [2.45, 2.75) is 380 Å². The second-order valence-electron chi connectivity index (χ2n) is 27.7. The van der Waals surface area contributed by atoms with E-state index in [1.807, 2.05) is 12.2 Å². The normalized spacial score (nSPS) is 14.3. The summed E-state index contributed by atoms with van der Waals surface area (Å²) in [5.74, 6) is -2.22. The van der Waals surface area contributed by atoms with Crippen LogP contribution in [0.5, 0.6) is 0 Å². The predicted molar refractivity (Wildman–Crippen MR) is 427 cm³/mol. The first-order chi connectivity index (χ1) is 50.7. The Morgan fingerprint density at radius 2 is 0.510 bits per heavy atom. The van der Waals surface area contributed by atoms with Gasteiger partial charge in [-0.15, -0.1) is 0 Å². The Kier molecular flexibility index (Phi) is 74.2. The van der Waals surface area contributed by atoms with Crippen LogP contribution in [0.3, 0.4) is 0 Å². The van der Waals surface area contributed by atoms with Crippen LogP contribution in [0.2, 0.25) is 0 Å². The summed E-state index contributed by atoms with van der Waals surface area (Å²) in [4.78, 5) is 73.1. The number of aliphatic hydroxyl groups is 1. The summed E-state index contributed by atoms with van der Waals surface area (Å²) >= 11 is 0. The van der Waals surface area contributed by atoms with Crippen molar-refractivity contribution in [1.82, 2.24) is 0 Å². The molecule has 19 heteroatoms. The minimum atomic E-state index is -4.99.